The molecule has 0 aliphatic rings. The van der Waals surface area contributed by atoms with Gasteiger partial charge in [-0.2, -0.15) is 4.98 Å². The number of unbranched alkanes of at least 4 members (excludes halogenated alkanes) is 1. The summed E-state index contributed by atoms with van der Waals surface area (Å²) in [5, 5.41) is 4.14. The van der Waals surface area contributed by atoms with Crippen molar-refractivity contribution in [3.8, 4) is 0 Å². The van der Waals surface area contributed by atoms with E-state index in [9.17, 15) is 0 Å². The van der Waals surface area contributed by atoms with Gasteiger partial charge in [-0.15, -0.1) is 5.10 Å². The van der Waals surface area contributed by atoms with Crippen molar-refractivity contribution in [1.29, 1.82) is 0 Å². The van der Waals surface area contributed by atoms with Crippen molar-refractivity contribution in [2.24, 2.45) is 5.92 Å². The Balaban J connectivity index is 2.54. The highest BCUT2D eigenvalue weighted by atomic mass is 79.9. The number of aromatic nitrogens is 3. The molecule has 0 aliphatic heterocycles. The average molecular weight is 275 g/mol. The average Bonchev–Trinajstić information content (AvgIpc) is 2.52. The number of halogens is 1. The first kappa shape index (κ1) is 12.5. The fourth-order valence-corrected chi connectivity index (χ4v) is 2.02. The number of hydrogen-bond acceptors (Lipinski definition) is 3. The maximum atomic E-state index is 5.52. The Morgan fingerprint density at radius 1 is 1.47 bits per heavy atom. The molecule has 1 unspecified atom stereocenters. The molecule has 1 aromatic rings. The molecule has 2 N–H and O–H groups in total. The summed E-state index contributed by atoms with van der Waals surface area (Å²) in [6.45, 7) is 5.34. The molecule has 0 saturated carbocycles. The van der Waals surface area contributed by atoms with Crippen molar-refractivity contribution < 1.29 is 0 Å². The van der Waals surface area contributed by atoms with Crippen LogP contribution in [0.3, 0.4) is 0 Å². The number of rotatable bonds is 6. The summed E-state index contributed by atoms with van der Waals surface area (Å²) >= 11 is 3.35. The third kappa shape index (κ3) is 3.81. The Morgan fingerprint density at radius 2 is 2.20 bits per heavy atom. The second-order valence-corrected chi connectivity index (χ2v) is 4.55. The minimum Gasteiger partial charge on any atom is -0.366 e. The van der Waals surface area contributed by atoms with Crippen molar-refractivity contribution in [2.75, 3.05) is 5.73 Å². The van der Waals surface area contributed by atoms with Crippen LogP contribution in [0.25, 0.3) is 0 Å². The lowest BCUT2D eigenvalue weighted by Gasteiger charge is -2.14. The van der Waals surface area contributed by atoms with Crippen molar-refractivity contribution in [1.82, 2.24) is 14.8 Å². The van der Waals surface area contributed by atoms with Crippen LogP contribution in [0.5, 0.6) is 0 Å². The second-order valence-electron chi connectivity index (χ2n) is 3.84. The molecule has 5 heteroatoms. The molecule has 1 heterocycles. The van der Waals surface area contributed by atoms with Crippen molar-refractivity contribution in [2.45, 2.75) is 46.1 Å². The van der Waals surface area contributed by atoms with Crippen LogP contribution in [0.4, 0.5) is 5.95 Å². The molecule has 1 aromatic heterocycles. The van der Waals surface area contributed by atoms with Crippen molar-refractivity contribution >= 4 is 21.9 Å². The first-order chi connectivity index (χ1) is 7.17. The molecule has 0 aliphatic carbocycles. The van der Waals surface area contributed by atoms with Gasteiger partial charge in [-0.05, 0) is 28.3 Å². The molecule has 0 bridgehead atoms. The van der Waals surface area contributed by atoms with Crippen LogP contribution in [0.2, 0.25) is 0 Å². The molecule has 15 heavy (non-hydrogen) atoms. The van der Waals surface area contributed by atoms with Gasteiger partial charge in [0.15, 0.2) is 4.73 Å². The van der Waals surface area contributed by atoms with E-state index in [1.54, 1.807) is 0 Å². The van der Waals surface area contributed by atoms with E-state index in [2.05, 4.69) is 39.9 Å². The second kappa shape index (κ2) is 6.10. The van der Waals surface area contributed by atoms with Gasteiger partial charge in [-0.25, -0.2) is 4.68 Å². The molecule has 1 rings (SSSR count). The quantitative estimate of drug-likeness (QED) is 0.868. The first-order valence-corrected chi connectivity index (χ1v) is 6.32. The Morgan fingerprint density at radius 3 is 2.67 bits per heavy atom. The van der Waals surface area contributed by atoms with E-state index >= 15 is 0 Å². The monoisotopic (exact) mass is 274 g/mol. The van der Waals surface area contributed by atoms with E-state index in [0.717, 1.165) is 11.3 Å². The third-order valence-corrected chi connectivity index (χ3v) is 3.20. The van der Waals surface area contributed by atoms with Gasteiger partial charge >= 0.3 is 0 Å². The molecule has 0 fully saturated rings. The molecule has 0 spiro atoms. The first-order valence-electron chi connectivity index (χ1n) is 5.53. The Bertz CT molecular complexity index is 298. The molecule has 0 amide bonds. The molecule has 0 aromatic carbocycles. The largest absolute Gasteiger partial charge is 0.366 e. The van der Waals surface area contributed by atoms with Gasteiger partial charge in [0.05, 0.1) is 0 Å². The lowest BCUT2D eigenvalue weighted by Crippen LogP contribution is -2.12. The summed E-state index contributed by atoms with van der Waals surface area (Å²) in [6, 6.07) is 0. The number of nitrogens with zero attached hydrogens (tertiary/aromatic N) is 3. The van der Waals surface area contributed by atoms with Gasteiger partial charge in [0.1, 0.15) is 0 Å². The van der Waals surface area contributed by atoms with Crippen LogP contribution >= 0.6 is 15.9 Å². The van der Waals surface area contributed by atoms with Crippen LogP contribution < -0.4 is 5.73 Å². The van der Waals surface area contributed by atoms with E-state index in [-0.39, 0.29) is 0 Å². The maximum absolute atomic E-state index is 5.52. The molecular formula is C10H19BrN4. The summed E-state index contributed by atoms with van der Waals surface area (Å²) in [5.41, 5.74) is 5.52. The Kier molecular flexibility index (Phi) is 5.08. The van der Waals surface area contributed by atoms with Gasteiger partial charge in [0.2, 0.25) is 5.95 Å². The molecule has 4 nitrogen and oxygen atoms in total. The van der Waals surface area contributed by atoms with Gasteiger partial charge < -0.3 is 5.73 Å². The van der Waals surface area contributed by atoms with Crippen LogP contribution in [-0.4, -0.2) is 14.8 Å². The smallest absolute Gasteiger partial charge is 0.240 e. The van der Waals surface area contributed by atoms with Crippen LogP contribution in [0.15, 0.2) is 4.73 Å². The summed E-state index contributed by atoms with van der Waals surface area (Å²) in [7, 11) is 0. The van der Waals surface area contributed by atoms with Gasteiger partial charge in [-0.1, -0.05) is 33.1 Å². The van der Waals surface area contributed by atoms with E-state index in [1.165, 1.54) is 25.7 Å². The zero-order valence-corrected chi connectivity index (χ0v) is 11.0. The fraction of sp³-hybridized carbons (Fsp3) is 0.800. The summed E-state index contributed by atoms with van der Waals surface area (Å²) < 4.78 is 2.58. The van der Waals surface area contributed by atoms with Crippen LogP contribution in [-0.2, 0) is 6.54 Å². The molecule has 86 valence electrons. The van der Waals surface area contributed by atoms with Gasteiger partial charge in [0.25, 0.3) is 0 Å². The predicted octanol–water partition coefficient (Wildman–Crippen LogP) is 2.84. The lowest BCUT2D eigenvalue weighted by atomic mass is 10.00. The van der Waals surface area contributed by atoms with Gasteiger partial charge in [-0.3, -0.25) is 0 Å². The van der Waals surface area contributed by atoms with E-state index < -0.39 is 0 Å². The normalized spacial score (nSPS) is 13.0. The maximum Gasteiger partial charge on any atom is 0.240 e. The van der Waals surface area contributed by atoms with E-state index in [4.69, 9.17) is 5.73 Å². The highest BCUT2D eigenvalue weighted by Gasteiger charge is 2.11. The number of hydrogen-bond donors (Lipinski definition) is 1. The SMILES string of the molecule is CCCCC(CC)Cn1nc(N)nc1Br. The van der Waals surface area contributed by atoms with E-state index in [0.29, 0.717) is 11.9 Å². The van der Waals surface area contributed by atoms with Crippen LogP contribution in [0, 0.1) is 5.92 Å². The Labute approximate surface area is 99.4 Å². The standard InChI is InChI=1S/C10H19BrN4/c1-3-5-6-8(4-2)7-15-9(11)13-10(12)14-15/h8H,3-7H2,1-2H3,(H2,12,14). The van der Waals surface area contributed by atoms with Crippen molar-refractivity contribution in [3.05, 3.63) is 4.73 Å². The molecular weight excluding hydrogens is 256 g/mol. The lowest BCUT2D eigenvalue weighted by molar-refractivity contribution is 0.368. The number of nitrogens with two attached hydrogens (primary N) is 1. The predicted molar refractivity (Wildman–Crippen MR) is 65.4 cm³/mol. The minimum absolute atomic E-state index is 0.340. The highest BCUT2D eigenvalue weighted by Crippen LogP contribution is 2.17. The summed E-state index contributed by atoms with van der Waals surface area (Å²) in [5.74, 6) is 1.01. The van der Waals surface area contributed by atoms with Crippen molar-refractivity contribution in [3.63, 3.8) is 0 Å². The topological polar surface area (TPSA) is 56.7 Å². The zero-order chi connectivity index (χ0) is 11.3. The van der Waals surface area contributed by atoms with Crippen LogP contribution in [0.1, 0.15) is 39.5 Å². The minimum atomic E-state index is 0.340. The molecule has 0 saturated heterocycles. The number of nitrogen functional groups attached to an aromatic ring is 1. The van der Waals surface area contributed by atoms with E-state index in [1.807, 2.05) is 4.68 Å². The highest BCUT2D eigenvalue weighted by molar-refractivity contribution is 9.10. The summed E-state index contributed by atoms with van der Waals surface area (Å²) in [6.07, 6.45) is 4.95. The third-order valence-electron chi connectivity index (χ3n) is 2.62. The fourth-order valence-electron chi connectivity index (χ4n) is 1.62. The Hall–Kier alpha value is -0.580. The zero-order valence-electron chi connectivity index (χ0n) is 9.41. The molecule has 0 radical (unpaired) electrons. The number of anilines is 1. The molecule has 1 atom stereocenters. The van der Waals surface area contributed by atoms with Gasteiger partial charge in [0, 0.05) is 6.54 Å². The summed E-state index contributed by atoms with van der Waals surface area (Å²) in [4.78, 5) is 4.02.